The third-order valence-electron chi connectivity index (χ3n) is 3.57. The van der Waals surface area contributed by atoms with E-state index in [-0.39, 0.29) is 0 Å². The molecule has 0 fully saturated rings. The van der Waals surface area contributed by atoms with Crippen molar-refractivity contribution in [2.75, 3.05) is 0 Å². The summed E-state index contributed by atoms with van der Waals surface area (Å²) in [6.45, 7) is 4.33. The van der Waals surface area contributed by atoms with Gasteiger partial charge in [0, 0.05) is 0 Å². The van der Waals surface area contributed by atoms with E-state index in [9.17, 15) is 0 Å². The zero-order valence-corrected chi connectivity index (χ0v) is 15.2. The van der Waals surface area contributed by atoms with Crippen LogP contribution in [0.5, 0.6) is 17.2 Å². The molecular weight excluding hydrogens is 331 g/mol. The van der Waals surface area contributed by atoms with Gasteiger partial charge in [-0.25, -0.2) is 0 Å². The van der Waals surface area contributed by atoms with E-state index in [1.54, 1.807) is 0 Å². The van der Waals surface area contributed by atoms with Crippen molar-refractivity contribution in [3.05, 3.63) is 90.5 Å². The molecule has 0 radical (unpaired) electrons. The van der Waals surface area contributed by atoms with E-state index < -0.39 is 8.60 Å². The highest BCUT2D eigenvalue weighted by Gasteiger charge is 2.19. The molecule has 3 nitrogen and oxygen atoms in total. The molecule has 0 aliphatic rings. The molecule has 128 valence electrons. The minimum atomic E-state index is -1.61. The predicted molar refractivity (Wildman–Crippen MR) is 102 cm³/mol. The Morgan fingerprint density at radius 3 is 1.36 bits per heavy atom. The Morgan fingerprint density at radius 2 is 0.960 bits per heavy atom. The van der Waals surface area contributed by atoms with Crippen LogP contribution in [-0.2, 0) is 0 Å². The summed E-state index contributed by atoms with van der Waals surface area (Å²) in [4.78, 5) is 0. The van der Waals surface area contributed by atoms with Crippen LogP contribution in [-0.4, -0.2) is 0 Å². The highest BCUT2D eigenvalue weighted by molar-refractivity contribution is 7.43. The normalized spacial score (nSPS) is 10.7. The van der Waals surface area contributed by atoms with Crippen molar-refractivity contribution >= 4 is 8.60 Å². The summed E-state index contributed by atoms with van der Waals surface area (Å²) in [7, 11) is -1.61. The minimum Gasteiger partial charge on any atom is -0.409 e. The van der Waals surface area contributed by atoms with Gasteiger partial charge in [0.1, 0.15) is 17.2 Å². The topological polar surface area (TPSA) is 27.7 Å². The molecule has 0 aliphatic carbocycles. The molecule has 25 heavy (non-hydrogen) atoms. The average molecular weight is 352 g/mol. The van der Waals surface area contributed by atoms with Gasteiger partial charge in [-0.3, -0.25) is 0 Å². The second-order valence-electron chi connectivity index (χ2n) is 5.85. The number of benzene rings is 3. The van der Waals surface area contributed by atoms with Gasteiger partial charge < -0.3 is 13.6 Å². The molecule has 0 aromatic heterocycles. The Bertz CT molecular complexity index is 717. The van der Waals surface area contributed by atoms with E-state index in [4.69, 9.17) is 13.6 Å². The quantitative estimate of drug-likeness (QED) is 0.450. The van der Waals surface area contributed by atoms with E-state index >= 15 is 0 Å². The van der Waals surface area contributed by atoms with Crippen molar-refractivity contribution in [3.8, 4) is 17.2 Å². The number of hydrogen-bond acceptors (Lipinski definition) is 3. The van der Waals surface area contributed by atoms with Crippen molar-refractivity contribution in [2.45, 2.75) is 19.8 Å². The molecule has 3 aromatic rings. The second-order valence-corrected chi connectivity index (χ2v) is 6.84. The number of hydrogen-bond donors (Lipinski definition) is 0. The lowest BCUT2D eigenvalue weighted by Crippen LogP contribution is -2.02. The number of rotatable bonds is 7. The summed E-state index contributed by atoms with van der Waals surface area (Å²) in [5, 5.41) is 0. The van der Waals surface area contributed by atoms with Gasteiger partial charge in [-0.1, -0.05) is 62.4 Å². The molecule has 0 unspecified atom stereocenters. The molecule has 0 heterocycles. The van der Waals surface area contributed by atoms with E-state index in [0.717, 1.165) is 5.75 Å². The van der Waals surface area contributed by atoms with Crippen LogP contribution in [0, 0.1) is 0 Å². The minimum absolute atomic E-state index is 0.483. The summed E-state index contributed by atoms with van der Waals surface area (Å²) >= 11 is 0. The SMILES string of the molecule is CC(C)c1ccc(OP(Oc2ccccc2)Oc2ccccc2)cc1. The molecule has 3 rings (SSSR count). The lowest BCUT2D eigenvalue weighted by molar-refractivity contribution is 0.388. The first-order valence-corrected chi connectivity index (χ1v) is 9.34. The van der Waals surface area contributed by atoms with Gasteiger partial charge >= 0.3 is 8.60 Å². The van der Waals surface area contributed by atoms with Crippen LogP contribution < -0.4 is 13.6 Å². The average Bonchev–Trinajstić information content (AvgIpc) is 2.64. The van der Waals surface area contributed by atoms with Gasteiger partial charge in [-0.15, -0.1) is 0 Å². The van der Waals surface area contributed by atoms with E-state index in [0.29, 0.717) is 17.4 Å². The fraction of sp³-hybridized carbons (Fsp3) is 0.143. The first-order chi connectivity index (χ1) is 12.2. The first kappa shape index (κ1) is 17.3. The van der Waals surface area contributed by atoms with Gasteiger partial charge in [-0.2, -0.15) is 0 Å². The molecule has 0 bridgehead atoms. The number of para-hydroxylation sites is 2. The van der Waals surface area contributed by atoms with Gasteiger partial charge in [-0.05, 0) is 47.9 Å². The summed E-state index contributed by atoms with van der Waals surface area (Å²) in [5.41, 5.74) is 1.27. The van der Waals surface area contributed by atoms with Crippen LogP contribution in [0.4, 0.5) is 0 Å². The second kappa shape index (κ2) is 8.55. The monoisotopic (exact) mass is 352 g/mol. The Hall–Kier alpha value is -2.51. The Morgan fingerprint density at radius 1 is 0.560 bits per heavy atom. The largest absolute Gasteiger partial charge is 0.530 e. The molecule has 0 aliphatic heterocycles. The summed E-state index contributed by atoms with van der Waals surface area (Å²) in [5.74, 6) is 2.63. The Kier molecular flexibility index (Phi) is 5.92. The van der Waals surface area contributed by atoms with E-state index in [2.05, 4.69) is 26.0 Å². The molecule has 0 atom stereocenters. The van der Waals surface area contributed by atoms with Crippen LogP contribution in [0.3, 0.4) is 0 Å². The van der Waals surface area contributed by atoms with Crippen LogP contribution in [0.25, 0.3) is 0 Å². The molecule has 4 heteroatoms. The van der Waals surface area contributed by atoms with Gasteiger partial charge in [0.25, 0.3) is 0 Å². The summed E-state index contributed by atoms with van der Waals surface area (Å²) in [6, 6.07) is 27.1. The molecular formula is C21H21O3P. The fourth-order valence-electron chi connectivity index (χ4n) is 2.19. The van der Waals surface area contributed by atoms with Gasteiger partial charge in [0.15, 0.2) is 0 Å². The molecule has 0 saturated carbocycles. The maximum atomic E-state index is 5.98. The molecule has 0 N–H and O–H groups in total. The predicted octanol–water partition coefficient (Wildman–Crippen LogP) is 6.57. The Labute approximate surface area is 150 Å². The van der Waals surface area contributed by atoms with Crippen molar-refractivity contribution in [1.29, 1.82) is 0 Å². The van der Waals surface area contributed by atoms with Gasteiger partial charge in [0.2, 0.25) is 0 Å². The van der Waals surface area contributed by atoms with E-state index in [1.165, 1.54) is 5.56 Å². The molecule has 0 spiro atoms. The fourth-order valence-corrected chi connectivity index (χ4v) is 3.18. The van der Waals surface area contributed by atoms with Crippen LogP contribution in [0.1, 0.15) is 25.3 Å². The van der Waals surface area contributed by atoms with Crippen LogP contribution in [0.2, 0.25) is 0 Å². The van der Waals surface area contributed by atoms with Crippen molar-refractivity contribution in [1.82, 2.24) is 0 Å². The van der Waals surface area contributed by atoms with Crippen molar-refractivity contribution in [2.24, 2.45) is 0 Å². The maximum absolute atomic E-state index is 5.98. The highest BCUT2D eigenvalue weighted by atomic mass is 31.2. The highest BCUT2D eigenvalue weighted by Crippen LogP contribution is 2.42. The van der Waals surface area contributed by atoms with Crippen LogP contribution >= 0.6 is 8.60 Å². The third-order valence-corrected chi connectivity index (χ3v) is 4.65. The maximum Gasteiger partial charge on any atom is 0.530 e. The molecule has 3 aromatic carbocycles. The van der Waals surface area contributed by atoms with Crippen LogP contribution in [0.15, 0.2) is 84.9 Å². The summed E-state index contributed by atoms with van der Waals surface area (Å²) < 4.78 is 17.8. The zero-order chi connectivity index (χ0) is 17.5. The van der Waals surface area contributed by atoms with Gasteiger partial charge in [0.05, 0.1) is 0 Å². The third kappa shape index (κ3) is 5.23. The standard InChI is InChI=1S/C21H21O3P/c1-17(2)18-13-15-21(16-14-18)24-25(22-19-9-5-3-6-10-19)23-20-11-7-4-8-12-20/h3-17H,1-2H3. The van der Waals surface area contributed by atoms with Crippen molar-refractivity contribution < 1.29 is 13.6 Å². The first-order valence-electron chi connectivity index (χ1n) is 8.25. The van der Waals surface area contributed by atoms with E-state index in [1.807, 2.05) is 72.8 Å². The lowest BCUT2D eigenvalue weighted by Gasteiger charge is -2.18. The zero-order valence-electron chi connectivity index (χ0n) is 14.3. The Balaban J connectivity index is 1.75. The lowest BCUT2D eigenvalue weighted by atomic mass is 10.0. The smallest absolute Gasteiger partial charge is 0.409 e. The molecule has 0 amide bonds. The van der Waals surface area contributed by atoms with Crippen molar-refractivity contribution in [3.63, 3.8) is 0 Å². The summed E-state index contributed by atoms with van der Waals surface area (Å²) in [6.07, 6.45) is 0. The molecule has 0 saturated heterocycles.